The molecule has 0 atom stereocenters. The van der Waals surface area contributed by atoms with E-state index in [9.17, 15) is 4.39 Å². The van der Waals surface area contributed by atoms with Gasteiger partial charge in [-0.1, -0.05) is 44.7 Å². The third-order valence-corrected chi connectivity index (χ3v) is 6.11. The molecule has 1 fully saturated rings. The number of pyridine rings is 1. The van der Waals surface area contributed by atoms with Crippen LogP contribution in [-0.2, 0) is 15.9 Å². The van der Waals surface area contributed by atoms with Gasteiger partial charge < -0.3 is 14.4 Å². The molecule has 0 N–H and O–H groups in total. The number of nitrogens with zero attached hydrogens (tertiary/aromatic N) is 2. The van der Waals surface area contributed by atoms with Crippen LogP contribution in [0.5, 0.6) is 0 Å². The highest BCUT2D eigenvalue weighted by atomic mass is 32.2. The lowest BCUT2D eigenvalue weighted by Crippen LogP contribution is -2.35. The topological polar surface area (TPSA) is 34.6 Å². The standard InChI is InChI=1S/C23H27FN2O2S/c1-23(2,3)20-7-5-16-4-6-17(29-18-8-10-25-21(24)15-18)14-19(16)26(20)11-9-22-27-12-13-28-22/h4,6-8,10,14-15,22H,5,9,11-13H2,1-3H3. The smallest absolute Gasteiger partial charge is 0.213 e. The van der Waals surface area contributed by atoms with E-state index in [4.69, 9.17) is 9.47 Å². The summed E-state index contributed by atoms with van der Waals surface area (Å²) in [6, 6.07) is 9.81. The predicted octanol–water partition coefficient (Wildman–Crippen LogP) is 5.43. The van der Waals surface area contributed by atoms with Gasteiger partial charge in [0.05, 0.1) is 13.2 Å². The highest BCUT2D eigenvalue weighted by molar-refractivity contribution is 7.99. The van der Waals surface area contributed by atoms with Crippen molar-refractivity contribution < 1.29 is 13.9 Å². The van der Waals surface area contributed by atoms with Gasteiger partial charge in [0.25, 0.3) is 0 Å². The first-order chi connectivity index (χ1) is 13.9. The fraction of sp³-hybridized carbons (Fsp3) is 0.435. The number of hydrogen-bond acceptors (Lipinski definition) is 5. The number of anilines is 1. The molecule has 0 spiro atoms. The van der Waals surface area contributed by atoms with Crippen LogP contribution in [-0.4, -0.2) is 31.0 Å². The molecule has 2 aliphatic heterocycles. The van der Waals surface area contributed by atoms with Crippen molar-refractivity contribution in [3.8, 4) is 0 Å². The van der Waals surface area contributed by atoms with Crippen molar-refractivity contribution in [1.82, 2.24) is 4.98 Å². The Labute approximate surface area is 176 Å². The van der Waals surface area contributed by atoms with Crippen LogP contribution in [0.1, 0.15) is 32.8 Å². The fourth-order valence-electron chi connectivity index (χ4n) is 3.82. The van der Waals surface area contributed by atoms with E-state index in [0.717, 1.165) is 29.2 Å². The number of rotatable bonds is 5. The van der Waals surface area contributed by atoms with E-state index >= 15 is 0 Å². The van der Waals surface area contributed by atoms with Gasteiger partial charge in [0.1, 0.15) is 0 Å². The summed E-state index contributed by atoms with van der Waals surface area (Å²) in [4.78, 5) is 7.98. The lowest BCUT2D eigenvalue weighted by Gasteiger charge is -2.39. The van der Waals surface area contributed by atoms with Crippen LogP contribution in [0.4, 0.5) is 10.1 Å². The van der Waals surface area contributed by atoms with Gasteiger partial charge >= 0.3 is 0 Å². The summed E-state index contributed by atoms with van der Waals surface area (Å²) >= 11 is 1.55. The van der Waals surface area contributed by atoms with Crippen molar-refractivity contribution in [3.05, 3.63) is 59.8 Å². The van der Waals surface area contributed by atoms with Crippen molar-refractivity contribution in [2.24, 2.45) is 5.41 Å². The first-order valence-electron chi connectivity index (χ1n) is 10.0. The Morgan fingerprint density at radius 1 is 1.14 bits per heavy atom. The van der Waals surface area contributed by atoms with Gasteiger partial charge in [-0.25, -0.2) is 4.98 Å². The van der Waals surface area contributed by atoms with E-state index in [-0.39, 0.29) is 11.7 Å². The van der Waals surface area contributed by atoms with Crippen LogP contribution in [0.25, 0.3) is 0 Å². The molecule has 3 heterocycles. The van der Waals surface area contributed by atoms with E-state index in [1.807, 2.05) is 6.07 Å². The zero-order chi connectivity index (χ0) is 20.4. The molecule has 2 aromatic rings. The molecular weight excluding hydrogens is 387 g/mol. The monoisotopic (exact) mass is 414 g/mol. The summed E-state index contributed by atoms with van der Waals surface area (Å²) < 4.78 is 24.8. The minimum atomic E-state index is -0.455. The lowest BCUT2D eigenvalue weighted by atomic mass is 9.86. The van der Waals surface area contributed by atoms with Crippen molar-refractivity contribution in [2.75, 3.05) is 24.7 Å². The van der Waals surface area contributed by atoms with Gasteiger partial charge in [-0.05, 0) is 30.2 Å². The van der Waals surface area contributed by atoms with Gasteiger partial charge in [0.15, 0.2) is 6.29 Å². The highest BCUT2D eigenvalue weighted by Crippen LogP contribution is 2.41. The molecular formula is C23H27FN2O2S. The molecule has 0 aliphatic carbocycles. The molecule has 1 aromatic carbocycles. The molecule has 0 unspecified atom stereocenters. The summed E-state index contributed by atoms with van der Waals surface area (Å²) in [6.07, 6.45) is 5.46. The molecule has 1 aromatic heterocycles. The van der Waals surface area contributed by atoms with Crippen molar-refractivity contribution in [3.63, 3.8) is 0 Å². The molecule has 4 rings (SSSR count). The number of halogens is 1. The molecule has 0 radical (unpaired) electrons. The van der Waals surface area contributed by atoms with Gasteiger partial charge in [-0.3, -0.25) is 0 Å². The number of benzene rings is 1. The first kappa shape index (κ1) is 20.4. The number of allylic oxidation sites excluding steroid dienone is 2. The third-order valence-electron chi connectivity index (χ3n) is 5.14. The summed E-state index contributed by atoms with van der Waals surface area (Å²) in [7, 11) is 0. The minimum absolute atomic E-state index is 0.0342. The maximum atomic E-state index is 13.5. The van der Waals surface area contributed by atoms with E-state index in [1.54, 1.807) is 11.8 Å². The minimum Gasteiger partial charge on any atom is -0.350 e. The Balaban J connectivity index is 1.61. The molecule has 1 saturated heterocycles. The van der Waals surface area contributed by atoms with E-state index in [1.165, 1.54) is 29.2 Å². The number of hydrogen-bond donors (Lipinski definition) is 0. The molecule has 4 nitrogen and oxygen atoms in total. The van der Waals surface area contributed by atoms with E-state index < -0.39 is 5.95 Å². The van der Waals surface area contributed by atoms with Crippen molar-refractivity contribution in [2.45, 2.75) is 49.7 Å². The Hall–Kier alpha value is -1.89. The molecule has 0 saturated carbocycles. The summed E-state index contributed by atoms with van der Waals surface area (Å²) in [5.74, 6) is -0.455. The average Bonchev–Trinajstić information content (AvgIpc) is 3.19. The largest absolute Gasteiger partial charge is 0.350 e. The van der Waals surface area contributed by atoms with Gasteiger partial charge in [-0.2, -0.15) is 4.39 Å². The second-order valence-corrected chi connectivity index (χ2v) is 9.51. The van der Waals surface area contributed by atoms with E-state index in [2.05, 4.69) is 54.9 Å². The molecule has 154 valence electrons. The third kappa shape index (κ3) is 4.82. The quantitative estimate of drug-likeness (QED) is 0.610. The highest BCUT2D eigenvalue weighted by Gasteiger charge is 2.29. The summed E-state index contributed by atoms with van der Waals surface area (Å²) in [6.45, 7) is 8.92. The molecule has 0 amide bonds. The zero-order valence-corrected chi connectivity index (χ0v) is 18.0. The summed E-state index contributed by atoms with van der Waals surface area (Å²) in [5, 5.41) is 0. The first-order valence-corrected chi connectivity index (χ1v) is 10.9. The maximum Gasteiger partial charge on any atom is 0.213 e. The number of ether oxygens (including phenoxy) is 2. The summed E-state index contributed by atoms with van der Waals surface area (Å²) in [5.41, 5.74) is 3.87. The van der Waals surface area contributed by atoms with Crippen molar-refractivity contribution >= 4 is 17.4 Å². The van der Waals surface area contributed by atoms with Crippen LogP contribution in [0.3, 0.4) is 0 Å². The van der Waals surface area contributed by atoms with Crippen LogP contribution in [0, 0.1) is 11.4 Å². The lowest BCUT2D eigenvalue weighted by molar-refractivity contribution is -0.0448. The maximum absolute atomic E-state index is 13.5. The molecule has 29 heavy (non-hydrogen) atoms. The second-order valence-electron chi connectivity index (χ2n) is 8.36. The van der Waals surface area contributed by atoms with Gasteiger partial charge in [0.2, 0.25) is 5.95 Å². The normalized spacial score (nSPS) is 17.4. The van der Waals surface area contributed by atoms with Crippen LogP contribution in [0.15, 0.2) is 58.1 Å². The Kier molecular flexibility index (Phi) is 5.95. The van der Waals surface area contributed by atoms with Gasteiger partial charge in [0, 0.05) is 51.8 Å². The van der Waals surface area contributed by atoms with Gasteiger partial charge in [-0.15, -0.1) is 0 Å². The molecule has 2 aliphatic rings. The van der Waals surface area contributed by atoms with Crippen LogP contribution < -0.4 is 4.90 Å². The van der Waals surface area contributed by atoms with Crippen molar-refractivity contribution in [1.29, 1.82) is 0 Å². The second kappa shape index (κ2) is 8.46. The molecule has 6 heteroatoms. The Bertz CT molecular complexity index is 904. The number of fused-ring (bicyclic) bond motifs is 1. The van der Waals surface area contributed by atoms with Crippen LogP contribution >= 0.6 is 11.8 Å². The average molecular weight is 415 g/mol. The zero-order valence-electron chi connectivity index (χ0n) is 17.2. The molecule has 0 bridgehead atoms. The Morgan fingerprint density at radius 3 is 2.62 bits per heavy atom. The predicted molar refractivity (Wildman–Crippen MR) is 114 cm³/mol. The Morgan fingerprint density at radius 2 is 1.90 bits per heavy atom. The van der Waals surface area contributed by atoms with E-state index in [0.29, 0.717) is 13.2 Å². The van der Waals surface area contributed by atoms with Crippen LogP contribution in [0.2, 0.25) is 0 Å². The number of aromatic nitrogens is 1. The SMILES string of the molecule is CC(C)(C)C1=CCc2ccc(Sc3ccnc(F)c3)cc2N1CCC1OCCO1. The fourth-order valence-corrected chi connectivity index (χ4v) is 4.69.